The summed E-state index contributed by atoms with van der Waals surface area (Å²) in [6, 6.07) is 10.5. The molecule has 0 aliphatic carbocycles. The van der Waals surface area contributed by atoms with Gasteiger partial charge < -0.3 is 0 Å². The molecule has 0 spiro atoms. The molecule has 0 heterocycles. The van der Waals surface area contributed by atoms with Gasteiger partial charge in [0.15, 0.2) is 0 Å². The van der Waals surface area contributed by atoms with Crippen molar-refractivity contribution in [2.24, 2.45) is 0 Å². The van der Waals surface area contributed by atoms with Crippen molar-refractivity contribution < 1.29 is 4.74 Å². The molecule has 26 heavy (non-hydrogen) atoms. The van der Waals surface area contributed by atoms with E-state index in [0.29, 0.717) is 6.61 Å². The number of benzene rings is 1. The first-order chi connectivity index (χ1) is 12.7. The Hall–Kier alpha value is -0.281. The van der Waals surface area contributed by atoms with E-state index in [0.717, 1.165) is 0 Å². The van der Waals surface area contributed by atoms with Gasteiger partial charge in [-0.05, 0) is 0 Å². The van der Waals surface area contributed by atoms with E-state index >= 15 is 0 Å². The van der Waals surface area contributed by atoms with Crippen LogP contribution < -0.4 is 0 Å². The molecule has 0 saturated carbocycles. The summed E-state index contributed by atoms with van der Waals surface area (Å²) in [5.74, 6) is 0. The number of allylic oxidation sites excluding steroid dienone is 1. The minimum absolute atomic E-state index is 0.211. The van der Waals surface area contributed by atoms with Crippen molar-refractivity contribution in [1.82, 2.24) is 0 Å². The first-order valence-corrected chi connectivity index (χ1v) is 19.0. The monoisotopic (exact) mass is 466 g/mol. The van der Waals surface area contributed by atoms with Gasteiger partial charge in [-0.15, -0.1) is 0 Å². The Labute approximate surface area is 167 Å². The molecular weight excluding hydrogens is 423 g/mol. The van der Waals surface area contributed by atoms with E-state index < -0.39 is 18.4 Å². The van der Waals surface area contributed by atoms with Crippen LogP contribution >= 0.6 is 0 Å². The van der Waals surface area contributed by atoms with Crippen LogP contribution in [0, 0.1) is 0 Å². The van der Waals surface area contributed by atoms with E-state index in [9.17, 15) is 0 Å². The third-order valence-corrected chi connectivity index (χ3v) is 20.7. The molecule has 0 aliphatic heterocycles. The van der Waals surface area contributed by atoms with Gasteiger partial charge in [0, 0.05) is 0 Å². The molecule has 0 unspecified atom stereocenters. The Morgan fingerprint density at radius 1 is 0.885 bits per heavy atom. The van der Waals surface area contributed by atoms with Gasteiger partial charge in [0.25, 0.3) is 0 Å². The zero-order valence-electron chi connectivity index (χ0n) is 17.8. The second kappa shape index (κ2) is 14.7. The summed E-state index contributed by atoms with van der Waals surface area (Å²) in [5.41, 5.74) is 1.26. The first kappa shape index (κ1) is 23.8. The van der Waals surface area contributed by atoms with Crippen LogP contribution in [0.3, 0.4) is 0 Å². The summed E-state index contributed by atoms with van der Waals surface area (Å²) < 4.78 is 12.2. The zero-order chi connectivity index (χ0) is 19.1. The fourth-order valence-corrected chi connectivity index (χ4v) is 18.9. The molecular formula is C24H42OSn. The second-order valence-electron chi connectivity index (χ2n) is 7.94. The maximum absolute atomic E-state index is 6.02. The topological polar surface area (TPSA) is 9.23 Å². The van der Waals surface area contributed by atoms with Crippen molar-refractivity contribution in [3.05, 3.63) is 48.0 Å². The third kappa shape index (κ3) is 10.2. The molecule has 0 aromatic heterocycles. The van der Waals surface area contributed by atoms with Gasteiger partial charge in [-0.1, -0.05) is 0 Å². The van der Waals surface area contributed by atoms with Crippen molar-refractivity contribution in [3.8, 4) is 0 Å². The second-order valence-corrected chi connectivity index (χ2v) is 22.0. The molecule has 148 valence electrons. The number of unbranched alkanes of at least 4 members (excludes halogenated alkanes) is 3. The summed E-state index contributed by atoms with van der Waals surface area (Å²) in [7, 11) is 0. The van der Waals surface area contributed by atoms with Gasteiger partial charge in [0.05, 0.1) is 0 Å². The van der Waals surface area contributed by atoms with Gasteiger partial charge in [0.2, 0.25) is 0 Å². The van der Waals surface area contributed by atoms with Crippen LogP contribution in [-0.2, 0) is 11.3 Å². The molecule has 1 rings (SSSR count). The van der Waals surface area contributed by atoms with Gasteiger partial charge >= 0.3 is 168 Å². The van der Waals surface area contributed by atoms with E-state index in [2.05, 4.69) is 70.2 Å². The van der Waals surface area contributed by atoms with E-state index in [1.165, 1.54) is 48.5 Å². The summed E-state index contributed by atoms with van der Waals surface area (Å²) in [6.45, 7) is 9.95. The van der Waals surface area contributed by atoms with Crippen molar-refractivity contribution >= 4 is 18.4 Å². The molecule has 0 saturated heterocycles. The average molecular weight is 465 g/mol. The van der Waals surface area contributed by atoms with Crippen molar-refractivity contribution in [2.75, 3.05) is 0 Å². The van der Waals surface area contributed by atoms with Gasteiger partial charge in [0.1, 0.15) is 0 Å². The predicted octanol–water partition coefficient (Wildman–Crippen LogP) is 8.00. The average Bonchev–Trinajstić information content (AvgIpc) is 2.68. The fourth-order valence-electron chi connectivity index (χ4n) is 3.70. The molecule has 1 atom stereocenters. The van der Waals surface area contributed by atoms with E-state index in [1.54, 1.807) is 13.3 Å². The molecule has 1 aromatic carbocycles. The normalized spacial score (nSPS) is 13.4. The summed E-state index contributed by atoms with van der Waals surface area (Å²) in [5, 5.41) is 0. The molecule has 0 fully saturated rings. The third-order valence-electron chi connectivity index (χ3n) is 5.50. The van der Waals surface area contributed by atoms with Gasteiger partial charge in [-0.2, -0.15) is 0 Å². The van der Waals surface area contributed by atoms with E-state index in [4.69, 9.17) is 4.74 Å². The fraction of sp³-hybridized carbons (Fsp3) is 0.667. The van der Waals surface area contributed by atoms with Crippen molar-refractivity contribution in [1.29, 1.82) is 0 Å². The minimum atomic E-state index is -2.01. The Bertz CT molecular complexity index is 447. The standard InChI is InChI=1S/C12H15O.3C4H9.Sn/c1-3-7-11(2)13-10-12-8-5-4-6-9-12;3*1-3-4-2;/h3-9,11H,1,10H2,2H3;3*1,3-4H2,2H3;/b7-3+;;;;/t11-;;;;/m0..../s1. The van der Waals surface area contributed by atoms with Crippen LogP contribution in [0.25, 0.3) is 0 Å². The molecule has 0 N–H and O–H groups in total. The summed E-state index contributed by atoms with van der Waals surface area (Å²) >= 11 is -2.01. The van der Waals surface area contributed by atoms with Gasteiger partial charge in [-0.3, -0.25) is 0 Å². The Kier molecular flexibility index (Phi) is 13.5. The molecule has 1 aromatic rings. The van der Waals surface area contributed by atoms with Crippen LogP contribution in [0.4, 0.5) is 0 Å². The molecule has 0 amide bonds. The molecule has 2 heteroatoms. The van der Waals surface area contributed by atoms with Crippen LogP contribution in [0.15, 0.2) is 42.5 Å². The Morgan fingerprint density at radius 2 is 1.42 bits per heavy atom. The number of rotatable bonds is 15. The Balaban J connectivity index is 2.58. The maximum atomic E-state index is 6.02. The van der Waals surface area contributed by atoms with Crippen LogP contribution in [-0.4, -0.2) is 24.5 Å². The van der Waals surface area contributed by atoms with Gasteiger partial charge in [-0.25, -0.2) is 0 Å². The quantitative estimate of drug-likeness (QED) is 0.188. The summed E-state index contributed by atoms with van der Waals surface area (Å²) in [4.78, 5) is 0. The number of ether oxygens (including phenoxy) is 1. The first-order valence-electron chi connectivity index (χ1n) is 11.0. The van der Waals surface area contributed by atoms with E-state index in [1.807, 2.05) is 0 Å². The predicted molar refractivity (Wildman–Crippen MR) is 120 cm³/mol. The summed E-state index contributed by atoms with van der Waals surface area (Å²) in [6.07, 6.45) is 13.5. The van der Waals surface area contributed by atoms with Crippen LogP contribution in [0.2, 0.25) is 17.7 Å². The molecule has 0 aliphatic rings. The van der Waals surface area contributed by atoms with E-state index in [-0.39, 0.29) is 6.10 Å². The van der Waals surface area contributed by atoms with Crippen LogP contribution in [0.1, 0.15) is 71.8 Å². The number of hydrogen-bond acceptors (Lipinski definition) is 1. The van der Waals surface area contributed by atoms with Crippen molar-refractivity contribution in [2.45, 2.75) is 96.7 Å². The molecule has 0 bridgehead atoms. The molecule has 0 radical (unpaired) electrons. The number of hydrogen-bond donors (Lipinski definition) is 0. The van der Waals surface area contributed by atoms with Crippen LogP contribution in [0.5, 0.6) is 0 Å². The molecule has 1 nitrogen and oxygen atoms in total. The Morgan fingerprint density at radius 3 is 1.92 bits per heavy atom. The zero-order valence-corrected chi connectivity index (χ0v) is 20.7. The van der Waals surface area contributed by atoms with Crippen molar-refractivity contribution in [3.63, 3.8) is 0 Å². The SMILES string of the molecule is CCC[CH2][Sn]([CH2]/C=C/[C@H](C)OCc1ccccc1)([CH2]CCC)[CH2]CCC.